The third-order valence-electron chi connectivity index (χ3n) is 4.21. The predicted octanol–water partition coefficient (Wildman–Crippen LogP) is 2.95. The van der Waals surface area contributed by atoms with Crippen LogP contribution in [0.4, 0.5) is 4.39 Å². The Morgan fingerprint density at radius 3 is 2.22 bits per heavy atom. The van der Waals surface area contributed by atoms with E-state index in [1.54, 1.807) is 43.5 Å². The second kappa shape index (κ2) is 9.71. The highest BCUT2D eigenvalue weighted by molar-refractivity contribution is 5.97. The van der Waals surface area contributed by atoms with E-state index in [-0.39, 0.29) is 23.5 Å². The molecule has 0 saturated carbocycles. The van der Waals surface area contributed by atoms with Gasteiger partial charge in [0.1, 0.15) is 17.6 Å². The summed E-state index contributed by atoms with van der Waals surface area (Å²) in [6.07, 6.45) is 0.587. The van der Waals surface area contributed by atoms with Gasteiger partial charge in [0.2, 0.25) is 5.91 Å². The van der Waals surface area contributed by atoms with Gasteiger partial charge in [-0.25, -0.2) is 4.39 Å². The van der Waals surface area contributed by atoms with Gasteiger partial charge < -0.3 is 15.4 Å². The number of carbonyl (C=O) groups excluding carboxylic acids is 2. The highest BCUT2D eigenvalue weighted by Crippen LogP contribution is 2.12. The second-order valence-corrected chi connectivity index (χ2v) is 6.59. The van der Waals surface area contributed by atoms with Crippen LogP contribution in [0.25, 0.3) is 0 Å². The molecule has 2 rings (SSSR count). The number of halogens is 1. The summed E-state index contributed by atoms with van der Waals surface area (Å²) in [6, 6.07) is 12.2. The van der Waals surface area contributed by atoms with Gasteiger partial charge in [-0.2, -0.15) is 0 Å². The number of nitrogens with one attached hydrogen (secondary N) is 2. The van der Waals surface area contributed by atoms with E-state index in [1.165, 1.54) is 12.1 Å². The van der Waals surface area contributed by atoms with Gasteiger partial charge in [-0.3, -0.25) is 9.59 Å². The molecule has 2 amide bonds. The van der Waals surface area contributed by atoms with E-state index in [9.17, 15) is 14.0 Å². The molecule has 0 aliphatic rings. The number of amides is 2. The number of carbonyl (C=O) groups is 2. The van der Waals surface area contributed by atoms with Gasteiger partial charge in [0.15, 0.2) is 0 Å². The van der Waals surface area contributed by atoms with Crippen LogP contribution in [0.5, 0.6) is 5.75 Å². The molecule has 2 N–H and O–H groups in total. The molecule has 0 aliphatic carbocycles. The summed E-state index contributed by atoms with van der Waals surface area (Å²) < 4.78 is 18.0. The molecule has 0 heterocycles. The summed E-state index contributed by atoms with van der Waals surface area (Å²) in [5, 5.41) is 5.62. The van der Waals surface area contributed by atoms with Crippen molar-refractivity contribution in [2.75, 3.05) is 13.7 Å². The number of ether oxygens (including phenoxy) is 1. The first-order chi connectivity index (χ1) is 12.9. The monoisotopic (exact) mass is 372 g/mol. The largest absolute Gasteiger partial charge is 0.497 e. The summed E-state index contributed by atoms with van der Waals surface area (Å²) in [5.74, 6) is -0.258. The lowest BCUT2D eigenvalue weighted by Gasteiger charge is -2.22. The zero-order valence-electron chi connectivity index (χ0n) is 15.8. The van der Waals surface area contributed by atoms with Gasteiger partial charge in [-0.05, 0) is 54.3 Å². The van der Waals surface area contributed by atoms with Crippen molar-refractivity contribution >= 4 is 11.8 Å². The van der Waals surface area contributed by atoms with Gasteiger partial charge in [0.05, 0.1) is 7.11 Å². The average molecular weight is 372 g/mol. The summed E-state index contributed by atoms with van der Waals surface area (Å²) in [6.45, 7) is 4.16. The molecule has 0 spiro atoms. The fourth-order valence-electron chi connectivity index (χ4n) is 2.59. The van der Waals surface area contributed by atoms with Crippen molar-refractivity contribution in [1.29, 1.82) is 0 Å². The topological polar surface area (TPSA) is 67.4 Å². The van der Waals surface area contributed by atoms with Gasteiger partial charge in [0, 0.05) is 12.1 Å². The number of rotatable bonds is 8. The van der Waals surface area contributed by atoms with Crippen LogP contribution in [0.15, 0.2) is 48.5 Å². The normalized spacial score (nSPS) is 11.7. The van der Waals surface area contributed by atoms with Crippen molar-refractivity contribution in [3.05, 3.63) is 65.5 Å². The van der Waals surface area contributed by atoms with Crippen LogP contribution in [0.3, 0.4) is 0 Å². The van der Waals surface area contributed by atoms with Gasteiger partial charge in [0.25, 0.3) is 5.91 Å². The highest BCUT2D eigenvalue weighted by Gasteiger charge is 2.24. The van der Waals surface area contributed by atoms with Crippen molar-refractivity contribution in [2.45, 2.75) is 26.3 Å². The predicted molar refractivity (Wildman–Crippen MR) is 102 cm³/mol. The lowest BCUT2D eigenvalue weighted by atomic mass is 10.0. The minimum Gasteiger partial charge on any atom is -0.497 e. The van der Waals surface area contributed by atoms with Crippen molar-refractivity contribution in [3.8, 4) is 5.75 Å². The first-order valence-corrected chi connectivity index (χ1v) is 8.87. The Kier molecular flexibility index (Phi) is 7.34. The van der Waals surface area contributed by atoms with Crippen molar-refractivity contribution in [3.63, 3.8) is 0 Å². The zero-order valence-corrected chi connectivity index (χ0v) is 15.8. The number of hydrogen-bond donors (Lipinski definition) is 2. The van der Waals surface area contributed by atoms with Gasteiger partial charge >= 0.3 is 0 Å². The SMILES string of the molecule is COc1ccc(C(=O)NC(C(=O)NCCc2ccc(F)cc2)C(C)C)cc1. The van der Waals surface area contributed by atoms with Crippen LogP contribution in [0, 0.1) is 11.7 Å². The molecule has 2 aromatic rings. The average Bonchev–Trinajstić information content (AvgIpc) is 2.67. The molecule has 0 saturated heterocycles. The first-order valence-electron chi connectivity index (χ1n) is 8.87. The van der Waals surface area contributed by atoms with E-state index in [2.05, 4.69) is 10.6 Å². The maximum Gasteiger partial charge on any atom is 0.251 e. The Morgan fingerprint density at radius 1 is 1.04 bits per heavy atom. The molecule has 27 heavy (non-hydrogen) atoms. The maximum atomic E-state index is 12.9. The fourth-order valence-corrected chi connectivity index (χ4v) is 2.59. The van der Waals surface area contributed by atoms with E-state index in [4.69, 9.17) is 4.74 Å². The molecule has 1 atom stereocenters. The van der Waals surface area contributed by atoms with Gasteiger partial charge in [-0.15, -0.1) is 0 Å². The van der Waals surface area contributed by atoms with Crippen LogP contribution in [-0.4, -0.2) is 31.5 Å². The Hall–Kier alpha value is -2.89. The molecular formula is C21H25FN2O3. The van der Waals surface area contributed by atoms with Crippen molar-refractivity contribution in [2.24, 2.45) is 5.92 Å². The van der Waals surface area contributed by atoms with Crippen molar-refractivity contribution < 1.29 is 18.7 Å². The van der Waals surface area contributed by atoms with E-state index in [0.29, 0.717) is 24.3 Å². The molecule has 0 fully saturated rings. The summed E-state index contributed by atoms with van der Waals surface area (Å²) >= 11 is 0. The Balaban J connectivity index is 1.91. The fraction of sp³-hybridized carbons (Fsp3) is 0.333. The standard InChI is InChI=1S/C21H25FN2O3/c1-14(2)19(24-20(25)16-6-10-18(27-3)11-7-16)21(26)23-13-12-15-4-8-17(22)9-5-15/h4-11,14,19H,12-13H2,1-3H3,(H,23,26)(H,24,25). The molecule has 6 heteroatoms. The molecule has 2 aromatic carbocycles. The quantitative estimate of drug-likeness (QED) is 0.749. The number of hydrogen-bond acceptors (Lipinski definition) is 3. The molecule has 0 aromatic heterocycles. The first kappa shape index (κ1) is 20.4. The van der Waals surface area contributed by atoms with E-state index >= 15 is 0 Å². The lowest BCUT2D eigenvalue weighted by Crippen LogP contribution is -2.50. The third kappa shape index (κ3) is 6.09. The van der Waals surface area contributed by atoms with Crippen LogP contribution in [-0.2, 0) is 11.2 Å². The molecule has 144 valence electrons. The summed E-state index contributed by atoms with van der Waals surface area (Å²) in [7, 11) is 1.56. The third-order valence-corrected chi connectivity index (χ3v) is 4.21. The van der Waals surface area contributed by atoms with Crippen LogP contribution < -0.4 is 15.4 Å². The minimum absolute atomic E-state index is 0.0713. The molecule has 0 bridgehead atoms. The minimum atomic E-state index is -0.646. The van der Waals surface area contributed by atoms with Crippen LogP contribution >= 0.6 is 0 Å². The van der Waals surface area contributed by atoms with Crippen molar-refractivity contribution in [1.82, 2.24) is 10.6 Å². The Bertz CT molecular complexity index is 758. The Morgan fingerprint density at radius 2 is 1.67 bits per heavy atom. The second-order valence-electron chi connectivity index (χ2n) is 6.59. The molecule has 0 aliphatic heterocycles. The summed E-state index contributed by atoms with van der Waals surface area (Å²) in [5.41, 5.74) is 1.39. The molecule has 0 radical (unpaired) electrons. The van der Waals surface area contributed by atoms with Gasteiger partial charge in [-0.1, -0.05) is 26.0 Å². The number of benzene rings is 2. The van der Waals surface area contributed by atoms with E-state index in [0.717, 1.165) is 5.56 Å². The molecular weight excluding hydrogens is 347 g/mol. The zero-order chi connectivity index (χ0) is 19.8. The van der Waals surface area contributed by atoms with E-state index in [1.807, 2.05) is 13.8 Å². The molecule has 1 unspecified atom stereocenters. The smallest absolute Gasteiger partial charge is 0.251 e. The molecule has 5 nitrogen and oxygen atoms in total. The maximum absolute atomic E-state index is 12.9. The summed E-state index contributed by atoms with van der Waals surface area (Å²) in [4.78, 5) is 24.9. The Labute approximate surface area is 158 Å². The van der Waals surface area contributed by atoms with Crippen LogP contribution in [0.1, 0.15) is 29.8 Å². The van der Waals surface area contributed by atoms with Crippen LogP contribution in [0.2, 0.25) is 0 Å². The highest BCUT2D eigenvalue weighted by atomic mass is 19.1. The van der Waals surface area contributed by atoms with E-state index < -0.39 is 6.04 Å². The number of methoxy groups -OCH3 is 1. The lowest BCUT2D eigenvalue weighted by molar-refractivity contribution is -0.123.